The van der Waals surface area contributed by atoms with Crippen LogP contribution in [0.3, 0.4) is 0 Å². The van der Waals surface area contributed by atoms with Crippen LogP contribution >= 0.6 is 35.5 Å². The van der Waals surface area contributed by atoms with Gasteiger partial charge in [0.1, 0.15) is 5.82 Å². The number of hydrogen-bond donors (Lipinski definition) is 0. The summed E-state index contributed by atoms with van der Waals surface area (Å²) < 4.78 is 14.3. The van der Waals surface area contributed by atoms with Gasteiger partial charge < -0.3 is 4.90 Å². The summed E-state index contributed by atoms with van der Waals surface area (Å²) >= 11 is 2.95. The predicted molar refractivity (Wildman–Crippen MR) is 120 cm³/mol. The van der Waals surface area contributed by atoms with E-state index in [1.165, 1.54) is 23.5 Å². The van der Waals surface area contributed by atoms with E-state index in [0.717, 1.165) is 22.6 Å². The molecule has 0 N–H and O–H groups in total. The van der Waals surface area contributed by atoms with E-state index >= 15 is 0 Å². The SMILES string of the molecule is CSc1cccc(C(=O)N(CCCN(C)C)c2nc3ccc(F)cc3s2)c1.Cl. The van der Waals surface area contributed by atoms with Crippen molar-refractivity contribution in [1.82, 2.24) is 9.88 Å². The highest BCUT2D eigenvalue weighted by molar-refractivity contribution is 7.98. The first kappa shape index (κ1) is 22.6. The fourth-order valence-corrected chi connectivity index (χ4v) is 4.22. The number of halogens is 2. The molecule has 0 aliphatic carbocycles. The zero-order chi connectivity index (χ0) is 19.4. The van der Waals surface area contributed by atoms with Gasteiger partial charge in [-0.1, -0.05) is 17.4 Å². The van der Waals surface area contributed by atoms with Gasteiger partial charge in [-0.3, -0.25) is 9.69 Å². The molecule has 0 saturated carbocycles. The second-order valence-corrected chi connectivity index (χ2v) is 8.34. The molecular weight excluding hydrogens is 417 g/mol. The van der Waals surface area contributed by atoms with Gasteiger partial charge in [-0.25, -0.2) is 9.37 Å². The first-order chi connectivity index (χ1) is 13.0. The fourth-order valence-electron chi connectivity index (χ4n) is 2.74. The lowest BCUT2D eigenvalue weighted by molar-refractivity contribution is 0.0986. The van der Waals surface area contributed by atoms with E-state index in [1.54, 1.807) is 22.7 Å². The first-order valence-electron chi connectivity index (χ1n) is 8.64. The molecule has 2 aromatic carbocycles. The topological polar surface area (TPSA) is 36.4 Å². The third-order valence-corrected chi connectivity index (χ3v) is 5.89. The van der Waals surface area contributed by atoms with Crippen LogP contribution < -0.4 is 4.90 Å². The Balaban J connectivity index is 0.00000280. The van der Waals surface area contributed by atoms with Crippen LogP contribution in [0.15, 0.2) is 47.4 Å². The van der Waals surface area contributed by atoms with Crippen molar-refractivity contribution in [2.24, 2.45) is 0 Å². The number of carbonyl (C=O) groups excluding carboxylic acids is 1. The van der Waals surface area contributed by atoms with Gasteiger partial charge in [-0.15, -0.1) is 24.2 Å². The van der Waals surface area contributed by atoms with Gasteiger partial charge in [0.15, 0.2) is 5.13 Å². The molecule has 28 heavy (non-hydrogen) atoms. The zero-order valence-corrected chi connectivity index (χ0v) is 18.5. The summed E-state index contributed by atoms with van der Waals surface area (Å²) in [6.45, 7) is 1.43. The molecule has 4 nitrogen and oxygen atoms in total. The number of thioether (sulfide) groups is 1. The quantitative estimate of drug-likeness (QED) is 0.475. The molecule has 150 valence electrons. The molecule has 0 aliphatic rings. The van der Waals surface area contributed by atoms with Crippen molar-refractivity contribution < 1.29 is 9.18 Å². The minimum absolute atomic E-state index is 0. The Labute approximate surface area is 179 Å². The van der Waals surface area contributed by atoms with Crippen LogP contribution in [0.2, 0.25) is 0 Å². The molecule has 0 bridgehead atoms. The Morgan fingerprint density at radius 1 is 1.18 bits per heavy atom. The van der Waals surface area contributed by atoms with Crippen LogP contribution in [0, 0.1) is 5.82 Å². The van der Waals surface area contributed by atoms with Crippen molar-refractivity contribution in [3.63, 3.8) is 0 Å². The smallest absolute Gasteiger partial charge is 0.260 e. The maximum Gasteiger partial charge on any atom is 0.260 e. The molecule has 1 heterocycles. The van der Waals surface area contributed by atoms with Crippen LogP contribution in [0.5, 0.6) is 0 Å². The summed E-state index contributed by atoms with van der Waals surface area (Å²) in [5.74, 6) is -0.375. The van der Waals surface area contributed by atoms with E-state index in [-0.39, 0.29) is 24.1 Å². The average Bonchev–Trinajstić information content (AvgIpc) is 3.07. The van der Waals surface area contributed by atoms with Gasteiger partial charge in [0.25, 0.3) is 5.91 Å². The molecule has 1 aromatic heterocycles. The highest BCUT2D eigenvalue weighted by Crippen LogP contribution is 2.30. The molecule has 0 saturated heterocycles. The second kappa shape index (κ2) is 10.2. The summed E-state index contributed by atoms with van der Waals surface area (Å²) in [6, 6.07) is 12.1. The molecule has 0 atom stereocenters. The van der Waals surface area contributed by atoms with Gasteiger partial charge in [0.2, 0.25) is 0 Å². The van der Waals surface area contributed by atoms with Crippen LogP contribution in [0.4, 0.5) is 9.52 Å². The maximum absolute atomic E-state index is 13.5. The molecule has 0 aliphatic heterocycles. The van der Waals surface area contributed by atoms with Gasteiger partial charge >= 0.3 is 0 Å². The van der Waals surface area contributed by atoms with Crippen molar-refractivity contribution in [2.75, 3.05) is 38.3 Å². The number of nitrogens with zero attached hydrogens (tertiary/aromatic N) is 3. The third kappa shape index (κ3) is 5.44. The van der Waals surface area contributed by atoms with Crippen molar-refractivity contribution in [2.45, 2.75) is 11.3 Å². The highest BCUT2D eigenvalue weighted by atomic mass is 35.5. The van der Waals surface area contributed by atoms with Gasteiger partial charge in [0.05, 0.1) is 10.2 Å². The lowest BCUT2D eigenvalue weighted by Gasteiger charge is -2.21. The third-order valence-electron chi connectivity index (χ3n) is 4.12. The molecule has 8 heteroatoms. The Kier molecular flexibility index (Phi) is 8.24. The molecule has 3 rings (SSSR count). The predicted octanol–water partition coefficient (Wildman–Crippen LogP) is 5.18. The lowest BCUT2D eigenvalue weighted by Crippen LogP contribution is -2.33. The number of benzene rings is 2. The van der Waals surface area contributed by atoms with Gasteiger partial charge in [0, 0.05) is 17.0 Å². The number of aromatic nitrogens is 1. The number of amides is 1. The summed E-state index contributed by atoms with van der Waals surface area (Å²) in [5.41, 5.74) is 1.34. The van der Waals surface area contributed by atoms with Crippen LogP contribution in [-0.4, -0.2) is 49.2 Å². The van der Waals surface area contributed by atoms with Crippen molar-refractivity contribution in [1.29, 1.82) is 0 Å². The molecule has 3 aromatic rings. The van der Waals surface area contributed by atoms with Gasteiger partial charge in [-0.05, 0) is 69.7 Å². The van der Waals surface area contributed by atoms with Gasteiger partial charge in [-0.2, -0.15) is 0 Å². The zero-order valence-electron chi connectivity index (χ0n) is 16.0. The number of hydrogen-bond acceptors (Lipinski definition) is 5. The van der Waals surface area contributed by atoms with Crippen molar-refractivity contribution in [3.8, 4) is 0 Å². The molecule has 0 unspecified atom stereocenters. The van der Waals surface area contributed by atoms with Crippen LogP contribution in [0.1, 0.15) is 16.8 Å². The average molecular weight is 440 g/mol. The molecular formula is C20H23ClFN3OS2. The van der Waals surface area contributed by atoms with E-state index < -0.39 is 0 Å². The number of thiazole rings is 1. The first-order valence-corrected chi connectivity index (χ1v) is 10.7. The van der Waals surface area contributed by atoms with Crippen LogP contribution in [0.25, 0.3) is 10.2 Å². The number of fused-ring (bicyclic) bond motifs is 1. The summed E-state index contributed by atoms with van der Waals surface area (Å²) in [7, 11) is 4.02. The molecule has 1 amide bonds. The number of rotatable bonds is 7. The summed E-state index contributed by atoms with van der Waals surface area (Å²) in [5, 5.41) is 0.605. The van der Waals surface area contributed by atoms with E-state index in [0.29, 0.717) is 22.8 Å². The van der Waals surface area contributed by atoms with E-state index in [4.69, 9.17) is 0 Å². The fraction of sp³-hybridized carbons (Fsp3) is 0.300. The van der Waals surface area contributed by atoms with Crippen molar-refractivity contribution >= 4 is 56.8 Å². The molecule has 0 radical (unpaired) electrons. The minimum atomic E-state index is -0.296. The standard InChI is InChI=1S/C20H22FN3OS2.ClH/c1-23(2)10-5-11-24(19(25)14-6-4-7-16(12-14)26-3)20-22-17-9-8-15(21)13-18(17)27-20;/h4,6-9,12-13H,5,10-11H2,1-3H3;1H. The molecule has 0 spiro atoms. The van der Waals surface area contributed by atoms with E-state index in [1.807, 2.05) is 44.6 Å². The monoisotopic (exact) mass is 439 g/mol. The van der Waals surface area contributed by atoms with Crippen LogP contribution in [-0.2, 0) is 0 Å². The number of anilines is 1. The second-order valence-electron chi connectivity index (χ2n) is 6.45. The minimum Gasteiger partial charge on any atom is -0.309 e. The lowest BCUT2D eigenvalue weighted by atomic mass is 10.2. The van der Waals surface area contributed by atoms with E-state index in [9.17, 15) is 9.18 Å². The highest BCUT2D eigenvalue weighted by Gasteiger charge is 2.21. The van der Waals surface area contributed by atoms with Crippen molar-refractivity contribution in [3.05, 3.63) is 53.8 Å². The molecule has 0 fully saturated rings. The largest absolute Gasteiger partial charge is 0.309 e. The van der Waals surface area contributed by atoms with E-state index in [2.05, 4.69) is 9.88 Å². The maximum atomic E-state index is 13.5. The normalized spacial score (nSPS) is 10.9. The Morgan fingerprint density at radius 2 is 1.96 bits per heavy atom. The summed E-state index contributed by atoms with van der Waals surface area (Å²) in [4.78, 5) is 22.7. The summed E-state index contributed by atoms with van der Waals surface area (Å²) in [6.07, 6.45) is 2.81. The number of carbonyl (C=O) groups is 1. The Bertz CT molecular complexity index is 948. The Hall–Kier alpha value is -1.67. The Morgan fingerprint density at radius 3 is 2.68 bits per heavy atom.